The van der Waals surface area contributed by atoms with Gasteiger partial charge >= 0.3 is 12.1 Å². The molecule has 4 heterocycles. The molecule has 0 aromatic carbocycles. The Hall–Kier alpha value is -2.69. The van der Waals surface area contributed by atoms with Crippen molar-refractivity contribution in [3.63, 3.8) is 0 Å². The second-order valence-electron chi connectivity index (χ2n) is 6.15. The van der Waals surface area contributed by atoms with Gasteiger partial charge in [0, 0.05) is 19.0 Å². The summed E-state index contributed by atoms with van der Waals surface area (Å²) in [6.07, 6.45) is -3.75. The van der Waals surface area contributed by atoms with Crippen LogP contribution in [0.25, 0.3) is 10.6 Å². The predicted molar refractivity (Wildman–Crippen MR) is 89.1 cm³/mol. The molecule has 1 aliphatic heterocycles. The third-order valence-electron chi connectivity index (χ3n) is 4.40. The highest BCUT2D eigenvalue weighted by Crippen LogP contribution is 2.33. The van der Waals surface area contributed by atoms with Crippen LogP contribution in [0.1, 0.15) is 41.0 Å². The number of amides is 1. The average Bonchev–Trinajstić information content (AvgIpc) is 3.41. The summed E-state index contributed by atoms with van der Waals surface area (Å²) in [6, 6.07) is 5.54. The van der Waals surface area contributed by atoms with Crippen LogP contribution in [0.5, 0.6) is 0 Å². The van der Waals surface area contributed by atoms with E-state index in [-0.39, 0.29) is 17.7 Å². The molecule has 1 aliphatic rings. The van der Waals surface area contributed by atoms with Crippen LogP contribution in [0.15, 0.2) is 28.0 Å². The maximum atomic E-state index is 12.6. The number of aromatic nitrogens is 4. The summed E-state index contributed by atoms with van der Waals surface area (Å²) in [6.45, 7) is 0.767. The highest BCUT2D eigenvalue weighted by molar-refractivity contribution is 7.13. The Morgan fingerprint density at radius 3 is 2.70 bits per heavy atom. The summed E-state index contributed by atoms with van der Waals surface area (Å²) in [5.41, 5.74) is 1.09. The maximum Gasteiger partial charge on any atom is 0.470 e. The summed E-state index contributed by atoms with van der Waals surface area (Å²) in [5.74, 6) is -1.88. The number of hydrogen-bond donors (Lipinski definition) is 1. The van der Waals surface area contributed by atoms with Gasteiger partial charge in [0.1, 0.15) is 0 Å². The summed E-state index contributed by atoms with van der Waals surface area (Å²) in [4.78, 5) is 15.2. The van der Waals surface area contributed by atoms with Crippen molar-refractivity contribution in [3.8, 4) is 10.6 Å². The van der Waals surface area contributed by atoms with Crippen LogP contribution in [0.2, 0.25) is 0 Å². The van der Waals surface area contributed by atoms with E-state index in [0.717, 1.165) is 10.6 Å². The van der Waals surface area contributed by atoms with Crippen LogP contribution in [-0.2, 0) is 6.18 Å². The SMILES string of the molecule is O=C(c1cc(-c2cccs2)[nH]n1)N1CCC(c2nnc(C(F)(F)F)o2)CC1. The van der Waals surface area contributed by atoms with E-state index in [1.165, 1.54) is 11.3 Å². The number of aromatic amines is 1. The molecule has 142 valence electrons. The van der Waals surface area contributed by atoms with Crippen LogP contribution in [0.3, 0.4) is 0 Å². The quantitative estimate of drug-likeness (QED) is 0.730. The van der Waals surface area contributed by atoms with E-state index in [4.69, 9.17) is 4.42 Å². The normalized spacial score (nSPS) is 16.0. The summed E-state index contributed by atoms with van der Waals surface area (Å²) in [5, 5.41) is 15.4. The number of carbonyl (C=O) groups excluding carboxylic acids is 1. The third-order valence-corrected chi connectivity index (χ3v) is 5.30. The number of thiophene rings is 1. The lowest BCUT2D eigenvalue weighted by molar-refractivity contribution is -0.157. The smallest absolute Gasteiger partial charge is 0.417 e. The number of halogens is 3. The maximum absolute atomic E-state index is 12.6. The van der Waals surface area contributed by atoms with Crippen molar-refractivity contribution in [3.05, 3.63) is 41.1 Å². The Morgan fingerprint density at radius 2 is 2.07 bits per heavy atom. The largest absolute Gasteiger partial charge is 0.470 e. The van der Waals surface area contributed by atoms with Gasteiger partial charge in [0.25, 0.3) is 5.91 Å². The fraction of sp³-hybridized carbons (Fsp3) is 0.375. The molecule has 0 spiro atoms. The first-order chi connectivity index (χ1) is 12.9. The van der Waals surface area contributed by atoms with Gasteiger partial charge < -0.3 is 9.32 Å². The molecule has 1 fully saturated rings. The molecule has 27 heavy (non-hydrogen) atoms. The third kappa shape index (κ3) is 3.59. The molecular weight excluding hydrogens is 383 g/mol. The molecular formula is C16H14F3N5O2S. The number of hydrogen-bond acceptors (Lipinski definition) is 6. The Labute approximate surface area is 155 Å². The molecule has 1 N–H and O–H groups in total. The highest BCUT2D eigenvalue weighted by Gasteiger charge is 2.39. The van der Waals surface area contributed by atoms with Gasteiger partial charge in [0.05, 0.1) is 10.6 Å². The lowest BCUT2D eigenvalue weighted by atomic mass is 9.96. The van der Waals surface area contributed by atoms with Crippen LogP contribution >= 0.6 is 11.3 Å². The molecule has 11 heteroatoms. The minimum atomic E-state index is -4.65. The number of carbonyl (C=O) groups is 1. The molecule has 7 nitrogen and oxygen atoms in total. The first-order valence-electron chi connectivity index (χ1n) is 8.21. The Balaban J connectivity index is 1.39. The molecule has 0 aliphatic carbocycles. The Morgan fingerprint density at radius 1 is 1.30 bits per heavy atom. The monoisotopic (exact) mass is 397 g/mol. The number of nitrogens with zero attached hydrogens (tertiary/aromatic N) is 4. The van der Waals surface area contributed by atoms with Gasteiger partial charge in [-0.1, -0.05) is 6.07 Å². The summed E-state index contributed by atoms with van der Waals surface area (Å²) < 4.78 is 42.5. The number of piperidine rings is 1. The van der Waals surface area contributed by atoms with Gasteiger partial charge in [-0.25, -0.2) is 0 Å². The van der Waals surface area contributed by atoms with Gasteiger partial charge in [0.15, 0.2) is 5.69 Å². The molecule has 4 rings (SSSR count). The number of likely N-dealkylation sites (tertiary alicyclic amines) is 1. The van der Waals surface area contributed by atoms with Gasteiger partial charge in [-0.2, -0.15) is 18.3 Å². The fourth-order valence-electron chi connectivity index (χ4n) is 2.99. The summed E-state index contributed by atoms with van der Waals surface area (Å²) >= 11 is 1.54. The van der Waals surface area contributed by atoms with E-state index >= 15 is 0 Å². The van der Waals surface area contributed by atoms with E-state index in [9.17, 15) is 18.0 Å². The minimum Gasteiger partial charge on any atom is -0.417 e. The first-order valence-corrected chi connectivity index (χ1v) is 9.09. The van der Waals surface area contributed by atoms with Crippen molar-refractivity contribution >= 4 is 17.2 Å². The molecule has 1 saturated heterocycles. The highest BCUT2D eigenvalue weighted by atomic mass is 32.1. The Kier molecular flexibility index (Phi) is 4.46. The second-order valence-corrected chi connectivity index (χ2v) is 7.10. The predicted octanol–water partition coefficient (Wildman–Crippen LogP) is 3.56. The first kappa shape index (κ1) is 17.7. The van der Waals surface area contributed by atoms with Crippen molar-refractivity contribution in [1.82, 2.24) is 25.3 Å². The zero-order valence-electron chi connectivity index (χ0n) is 13.9. The van der Waals surface area contributed by atoms with Gasteiger partial charge in [-0.3, -0.25) is 9.89 Å². The number of H-pyrrole nitrogens is 1. The van der Waals surface area contributed by atoms with Gasteiger partial charge in [0.2, 0.25) is 5.89 Å². The van der Waals surface area contributed by atoms with Crippen molar-refractivity contribution < 1.29 is 22.4 Å². The van der Waals surface area contributed by atoms with Crippen molar-refractivity contribution in [2.75, 3.05) is 13.1 Å². The van der Waals surface area contributed by atoms with Crippen LogP contribution in [-0.4, -0.2) is 44.3 Å². The minimum absolute atomic E-state index is 0.0332. The van der Waals surface area contributed by atoms with E-state index in [1.807, 2.05) is 17.5 Å². The zero-order chi connectivity index (χ0) is 19.0. The van der Waals surface area contributed by atoms with E-state index < -0.39 is 12.1 Å². The molecule has 0 unspecified atom stereocenters. The fourth-order valence-corrected chi connectivity index (χ4v) is 3.69. The molecule has 0 saturated carbocycles. The average molecular weight is 397 g/mol. The lowest BCUT2D eigenvalue weighted by Crippen LogP contribution is -2.38. The Bertz CT molecular complexity index is 926. The van der Waals surface area contributed by atoms with Crippen molar-refractivity contribution in [2.24, 2.45) is 0 Å². The van der Waals surface area contributed by atoms with Crippen LogP contribution in [0, 0.1) is 0 Å². The standard InChI is InChI=1S/C16H14F3N5O2S/c17-16(18,19)15-23-22-13(26-15)9-3-5-24(6-4-9)14(25)11-8-10(20-21-11)12-2-1-7-27-12/h1-2,7-9H,3-6H2,(H,20,21). The van der Waals surface area contributed by atoms with Gasteiger partial charge in [-0.05, 0) is 30.4 Å². The molecule has 3 aromatic heterocycles. The number of rotatable bonds is 3. The molecule has 0 radical (unpaired) electrons. The van der Waals surface area contributed by atoms with E-state index in [1.54, 1.807) is 11.0 Å². The topological polar surface area (TPSA) is 87.9 Å². The molecule has 1 amide bonds. The van der Waals surface area contributed by atoms with E-state index in [0.29, 0.717) is 31.6 Å². The van der Waals surface area contributed by atoms with E-state index in [2.05, 4.69) is 20.4 Å². The van der Waals surface area contributed by atoms with Crippen molar-refractivity contribution in [1.29, 1.82) is 0 Å². The van der Waals surface area contributed by atoms with Crippen molar-refractivity contribution in [2.45, 2.75) is 24.9 Å². The second kappa shape index (κ2) is 6.80. The zero-order valence-corrected chi connectivity index (χ0v) is 14.7. The van der Waals surface area contributed by atoms with Gasteiger partial charge in [-0.15, -0.1) is 21.5 Å². The lowest BCUT2D eigenvalue weighted by Gasteiger charge is -2.29. The van der Waals surface area contributed by atoms with Crippen LogP contribution < -0.4 is 0 Å². The van der Waals surface area contributed by atoms with Crippen LogP contribution in [0.4, 0.5) is 13.2 Å². The summed E-state index contributed by atoms with van der Waals surface area (Å²) in [7, 11) is 0. The molecule has 0 bridgehead atoms. The number of nitrogens with one attached hydrogen (secondary N) is 1. The molecule has 3 aromatic rings. The number of alkyl halides is 3. The molecule has 0 atom stereocenters.